The molecule has 1 aromatic heterocycles. The summed E-state index contributed by atoms with van der Waals surface area (Å²) in [4.78, 5) is 65.9. The molecule has 1 saturated carbocycles. The number of fused-ring (bicyclic) bond motifs is 1. The summed E-state index contributed by atoms with van der Waals surface area (Å²) in [7, 11) is 0. The minimum absolute atomic E-state index is 0.000830. The highest BCUT2D eigenvalue weighted by Gasteiger charge is 2.68. The normalized spacial score (nSPS) is 26.1. The zero-order valence-electron chi connectivity index (χ0n) is 21.8. The fraction of sp³-hybridized carbons (Fsp3) is 0.481. The van der Waals surface area contributed by atoms with Crippen LogP contribution >= 0.6 is 23.2 Å². The minimum atomic E-state index is -1.02. The van der Waals surface area contributed by atoms with Crippen molar-refractivity contribution in [3.63, 3.8) is 0 Å². The molecule has 3 fully saturated rings. The van der Waals surface area contributed by atoms with E-state index in [1.165, 1.54) is 0 Å². The molecule has 5 amide bonds. The van der Waals surface area contributed by atoms with Crippen molar-refractivity contribution < 1.29 is 24.0 Å². The van der Waals surface area contributed by atoms with Crippen LogP contribution in [0.3, 0.4) is 0 Å². The number of carbonyl (C=O) groups is 5. The summed E-state index contributed by atoms with van der Waals surface area (Å²) < 4.78 is 0.921. The van der Waals surface area contributed by atoms with Crippen molar-refractivity contribution in [1.82, 2.24) is 24.9 Å². The van der Waals surface area contributed by atoms with E-state index in [2.05, 4.69) is 15.7 Å². The maximum absolute atomic E-state index is 13.3. The third-order valence-electron chi connectivity index (χ3n) is 8.46. The number of imide groups is 2. The van der Waals surface area contributed by atoms with Crippen LogP contribution in [0, 0.1) is 5.41 Å². The lowest BCUT2D eigenvalue weighted by molar-refractivity contribution is -0.138. The molecular formula is C27H28Cl2N6O5. The number of piperidine rings is 2. The molecule has 2 N–H and O–H groups in total. The molecule has 210 valence electrons. The van der Waals surface area contributed by atoms with Crippen LogP contribution in [0.4, 0.5) is 5.69 Å². The first-order valence-corrected chi connectivity index (χ1v) is 14.0. The van der Waals surface area contributed by atoms with Crippen molar-refractivity contribution in [2.75, 3.05) is 18.4 Å². The summed E-state index contributed by atoms with van der Waals surface area (Å²) in [5.41, 5.74) is 1.08. The highest BCUT2D eigenvalue weighted by molar-refractivity contribution is 6.53. The Hall–Kier alpha value is -3.44. The summed E-state index contributed by atoms with van der Waals surface area (Å²) in [6.07, 6.45) is 5.83. The number of hydrogen-bond donors (Lipinski definition) is 2. The van der Waals surface area contributed by atoms with Crippen LogP contribution in [0.25, 0.3) is 0 Å². The third kappa shape index (κ3) is 4.35. The molecule has 1 unspecified atom stereocenters. The minimum Gasteiger partial charge on any atom is -0.380 e. The summed E-state index contributed by atoms with van der Waals surface area (Å²) in [5, 5.41) is 9.97. The third-order valence-corrected chi connectivity index (χ3v) is 9.56. The first-order valence-electron chi connectivity index (χ1n) is 13.3. The maximum atomic E-state index is 13.3. The number of alkyl halides is 2. The van der Waals surface area contributed by atoms with Gasteiger partial charge < -0.3 is 10.2 Å². The van der Waals surface area contributed by atoms with Crippen LogP contribution in [0.1, 0.15) is 71.3 Å². The van der Waals surface area contributed by atoms with Gasteiger partial charge in [-0.15, -0.1) is 23.2 Å². The number of hydrogen-bond acceptors (Lipinski definition) is 7. The molecule has 4 aliphatic rings. The molecular weight excluding hydrogens is 559 g/mol. The molecule has 2 atom stereocenters. The number of carbonyl (C=O) groups excluding carboxylic acids is 5. The number of rotatable bonds is 6. The number of amides is 5. The quantitative estimate of drug-likeness (QED) is 0.392. The molecule has 0 radical (unpaired) electrons. The Morgan fingerprint density at radius 1 is 1.12 bits per heavy atom. The van der Waals surface area contributed by atoms with Crippen LogP contribution < -0.4 is 10.6 Å². The monoisotopic (exact) mass is 586 g/mol. The molecule has 1 aliphatic carbocycles. The average Bonchev–Trinajstić information content (AvgIpc) is 3.22. The summed E-state index contributed by atoms with van der Waals surface area (Å²) >= 11 is 12.4. The highest BCUT2D eigenvalue weighted by Crippen LogP contribution is 2.64. The Bertz CT molecular complexity index is 1450. The molecule has 3 aliphatic heterocycles. The van der Waals surface area contributed by atoms with Gasteiger partial charge in [0.25, 0.3) is 11.8 Å². The smallest absolute Gasteiger partial charge is 0.264 e. The van der Waals surface area contributed by atoms with Crippen molar-refractivity contribution in [1.29, 1.82) is 0 Å². The predicted molar refractivity (Wildman–Crippen MR) is 145 cm³/mol. The SMILES string of the molecule is C[C@]1(C(=O)N2CCC(n3cc(CNc4cccc5c4C(=O)N(C4CCC(=O)NC4=O)C5=O)cn3)CC2)CC1(Cl)Cl. The standard InChI is InChI=1S/C27H28Cl2N6O5/c1-26(14-27(26,28)29)25(40)33-9-7-16(8-10-33)34-13-15(12-31-34)11-30-18-4-2-3-17-21(18)24(39)35(23(17)38)19-5-6-20(36)32-22(19)37/h2-4,12-13,16,19,30H,5-11,14H2,1H3,(H,32,36,37)/t19?,26-/m1/s1. The van der Waals surface area contributed by atoms with E-state index in [4.69, 9.17) is 23.2 Å². The molecule has 4 heterocycles. The van der Waals surface area contributed by atoms with Gasteiger partial charge in [0.1, 0.15) is 10.4 Å². The van der Waals surface area contributed by atoms with Gasteiger partial charge in [-0.25, -0.2) is 0 Å². The van der Waals surface area contributed by atoms with Crippen LogP contribution in [0.15, 0.2) is 30.6 Å². The average molecular weight is 587 g/mol. The number of nitrogens with one attached hydrogen (secondary N) is 2. The van der Waals surface area contributed by atoms with Gasteiger partial charge in [0.15, 0.2) is 0 Å². The van der Waals surface area contributed by atoms with E-state index >= 15 is 0 Å². The molecule has 13 heteroatoms. The molecule has 0 spiro atoms. The number of halogens is 2. The van der Waals surface area contributed by atoms with Crippen molar-refractivity contribution in [3.05, 3.63) is 47.3 Å². The Balaban J connectivity index is 1.09. The summed E-state index contributed by atoms with van der Waals surface area (Å²) in [6.45, 7) is 3.38. The van der Waals surface area contributed by atoms with Crippen LogP contribution in [0.5, 0.6) is 0 Å². The van der Waals surface area contributed by atoms with E-state index in [0.717, 1.165) is 23.3 Å². The van der Waals surface area contributed by atoms with Crippen LogP contribution in [-0.4, -0.2) is 72.6 Å². The number of anilines is 1. The molecule has 1 aromatic carbocycles. The fourth-order valence-corrected chi connectivity index (χ4v) is 6.54. The highest BCUT2D eigenvalue weighted by atomic mass is 35.5. The van der Waals surface area contributed by atoms with Gasteiger partial charge in [0, 0.05) is 43.5 Å². The molecule has 40 heavy (non-hydrogen) atoms. The Labute approximate surface area is 240 Å². The largest absolute Gasteiger partial charge is 0.380 e. The zero-order valence-corrected chi connectivity index (χ0v) is 23.3. The lowest BCUT2D eigenvalue weighted by Crippen LogP contribution is -2.54. The molecule has 2 aromatic rings. The van der Waals surface area contributed by atoms with Gasteiger partial charge >= 0.3 is 0 Å². The summed E-state index contributed by atoms with van der Waals surface area (Å²) in [5.74, 6) is -2.16. The van der Waals surface area contributed by atoms with E-state index in [1.54, 1.807) is 24.4 Å². The lowest BCUT2D eigenvalue weighted by Gasteiger charge is -2.34. The van der Waals surface area contributed by atoms with Gasteiger partial charge in [0.05, 0.1) is 28.8 Å². The molecule has 2 saturated heterocycles. The second-order valence-electron chi connectivity index (χ2n) is 11.1. The number of benzene rings is 1. The first kappa shape index (κ1) is 26.8. The zero-order chi connectivity index (χ0) is 28.4. The number of likely N-dealkylation sites (tertiary alicyclic amines) is 1. The van der Waals surface area contributed by atoms with Gasteiger partial charge in [0.2, 0.25) is 17.7 Å². The Kier molecular flexibility index (Phi) is 6.42. The maximum Gasteiger partial charge on any atom is 0.264 e. The van der Waals surface area contributed by atoms with Gasteiger partial charge in [-0.05, 0) is 44.7 Å². The van der Waals surface area contributed by atoms with E-state index in [-0.39, 0.29) is 35.9 Å². The lowest BCUT2D eigenvalue weighted by atomic mass is 10.0. The second-order valence-corrected chi connectivity index (χ2v) is 12.6. The summed E-state index contributed by atoms with van der Waals surface area (Å²) in [6, 6.07) is 4.08. The van der Waals surface area contributed by atoms with E-state index < -0.39 is 39.4 Å². The van der Waals surface area contributed by atoms with E-state index in [9.17, 15) is 24.0 Å². The van der Waals surface area contributed by atoms with Crippen molar-refractivity contribution >= 4 is 58.4 Å². The predicted octanol–water partition coefficient (Wildman–Crippen LogP) is 2.64. The number of aromatic nitrogens is 2. The van der Waals surface area contributed by atoms with Gasteiger partial charge in [-0.1, -0.05) is 6.07 Å². The molecule has 6 rings (SSSR count). The topological polar surface area (TPSA) is 134 Å². The van der Waals surface area contributed by atoms with Crippen molar-refractivity contribution in [3.8, 4) is 0 Å². The van der Waals surface area contributed by atoms with E-state index in [1.807, 2.05) is 22.7 Å². The molecule has 0 bridgehead atoms. The fourth-order valence-electron chi connectivity index (χ4n) is 5.84. The molecule has 11 nitrogen and oxygen atoms in total. The first-order chi connectivity index (χ1) is 19.0. The second kappa shape index (κ2) is 9.59. The number of nitrogens with zero attached hydrogens (tertiary/aromatic N) is 4. The van der Waals surface area contributed by atoms with Crippen LogP contribution in [-0.2, 0) is 20.9 Å². The van der Waals surface area contributed by atoms with Gasteiger partial charge in [-0.2, -0.15) is 5.10 Å². The Morgan fingerprint density at radius 2 is 1.85 bits per heavy atom. The van der Waals surface area contributed by atoms with Crippen LogP contribution in [0.2, 0.25) is 0 Å². The van der Waals surface area contributed by atoms with Crippen molar-refractivity contribution in [2.45, 2.75) is 62.0 Å². The van der Waals surface area contributed by atoms with Gasteiger partial charge in [-0.3, -0.25) is 38.9 Å². The Morgan fingerprint density at radius 3 is 2.52 bits per heavy atom. The van der Waals surface area contributed by atoms with E-state index in [0.29, 0.717) is 31.7 Å². The van der Waals surface area contributed by atoms with Crippen molar-refractivity contribution in [2.24, 2.45) is 5.41 Å².